The molecule has 3 N–H and O–H groups in total. The summed E-state index contributed by atoms with van der Waals surface area (Å²) in [6, 6.07) is 3.00. The van der Waals surface area contributed by atoms with E-state index in [0.29, 0.717) is 17.6 Å². The van der Waals surface area contributed by atoms with Gasteiger partial charge in [-0.3, -0.25) is 9.59 Å². The summed E-state index contributed by atoms with van der Waals surface area (Å²) in [4.78, 5) is 26.2. The number of hydrogen-bond donors (Lipinski definition) is 3. The molecule has 3 atom stereocenters. The van der Waals surface area contributed by atoms with Crippen LogP contribution < -0.4 is 0 Å². The predicted molar refractivity (Wildman–Crippen MR) is 92.3 cm³/mol. The molecule has 25 heavy (non-hydrogen) atoms. The van der Waals surface area contributed by atoms with Gasteiger partial charge in [-0.2, -0.15) is 0 Å². The van der Waals surface area contributed by atoms with Crippen LogP contribution in [0.25, 0.3) is 0 Å². The molecule has 1 spiro atoms. The Kier molecular flexibility index (Phi) is 4.17. The molecule has 1 aromatic rings. The maximum Gasteiger partial charge on any atom is 0.186 e. The summed E-state index contributed by atoms with van der Waals surface area (Å²) in [6.07, 6.45) is 1.15. The Hall–Kier alpha value is -2.24. The lowest BCUT2D eigenvalue weighted by atomic mass is 9.66. The summed E-state index contributed by atoms with van der Waals surface area (Å²) in [7, 11) is 0. The smallest absolute Gasteiger partial charge is 0.186 e. The lowest BCUT2D eigenvalue weighted by molar-refractivity contribution is -0.137. The van der Waals surface area contributed by atoms with Crippen LogP contribution in [0, 0.1) is 12.3 Å². The van der Waals surface area contributed by atoms with E-state index >= 15 is 0 Å². The van der Waals surface area contributed by atoms with Crippen molar-refractivity contribution in [3.8, 4) is 5.75 Å². The minimum atomic E-state index is -1.97. The van der Waals surface area contributed by atoms with Crippen molar-refractivity contribution in [2.45, 2.75) is 45.8 Å². The Morgan fingerprint density at radius 2 is 1.92 bits per heavy atom. The fourth-order valence-electron chi connectivity index (χ4n) is 3.83. The molecule has 132 valence electrons. The first-order chi connectivity index (χ1) is 11.7. The van der Waals surface area contributed by atoms with Crippen LogP contribution in [-0.4, -0.2) is 33.0 Å². The van der Waals surface area contributed by atoms with E-state index in [9.17, 15) is 24.9 Å². The molecule has 2 aliphatic carbocycles. The molecular formula is C20H22O5. The van der Waals surface area contributed by atoms with Gasteiger partial charge in [0.25, 0.3) is 0 Å². The second kappa shape index (κ2) is 5.93. The molecule has 1 aromatic carbocycles. The molecule has 0 saturated heterocycles. The second-order valence-corrected chi connectivity index (χ2v) is 7.14. The molecule has 0 aliphatic heterocycles. The van der Waals surface area contributed by atoms with Crippen LogP contribution in [-0.2, 0) is 4.79 Å². The normalized spacial score (nSPS) is 28.1. The molecule has 0 bridgehead atoms. The Balaban J connectivity index is 2.14. The Morgan fingerprint density at radius 3 is 2.56 bits per heavy atom. The van der Waals surface area contributed by atoms with Crippen molar-refractivity contribution in [1.29, 1.82) is 0 Å². The van der Waals surface area contributed by atoms with Gasteiger partial charge in [-0.1, -0.05) is 23.8 Å². The highest BCUT2D eigenvalue weighted by Crippen LogP contribution is 2.54. The van der Waals surface area contributed by atoms with Gasteiger partial charge in [0.15, 0.2) is 17.0 Å². The van der Waals surface area contributed by atoms with Crippen molar-refractivity contribution in [2.24, 2.45) is 5.41 Å². The maximum absolute atomic E-state index is 13.1. The lowest BCUT2D eigenvalue weighted by Gasteiger charge is -2.37. The number of rotatable bonds is 2. The third-order valence-corrected chi connectivity index (χ3v) is 5.13. The molecule has 0 saturated carbocycles. The van der Waals surface area contributed by atoms with E-state index in [1.165, 1.54) is 6.07 Å². The second-order valence-electron chi connectivity index (χ2n) is 7.14. The minimum Gasteiger partial charge on any atom is -0.507 e. The molecule has 0 fully saturated rings. The van der Waals surface area contributed by atoms with Gasteiger partial charge in [0.2, 0.25) is 0 Å². The number of aryl methyl sites for hydroxylation is 1. The summed E-state index contributed by atoms with van der Waals surface area (Å²) < 4.78 is 0. The number of phenols is 1. The molecule has 0 aromatic heterocycles. The summed E-state index contributed by atoms with van der Waals surface area (Å²) >= 11 is 0. The van der Waals surface area contributed by atoms with Crippen molar-refractivity contribution in [3.63, 3.8) is 0 Å². The monoisotopic (exact) mass is 342 g/mol. The SMILES string of the molecule is CC(C)=CCC1=CC[C@H](O)[C@@]2(C1=O)C(=O)c1c(O)cc(C)cc1[C@@H]2O. The third-order valence-electron chi connectivity index (χ3n) is 5.13. The minimum absolute atomic E-state index is 0.0611. The van der Waals surface area contributed by atoms with Gasteiger partial charge >= 0.3 is 0 Å². The zero-order chi connectivity index (χ0) is 18.5. The molecule has 0 heterocycles. The standard InChI is InChI=1S/C20H22O5/c1-10(2)4-5-12-6-7-15(22)20(17(12)23)18(24)13-8-11(3)9-14(21)16(13)19(20)25/h4,6,8-9,15,18,21-22,24H,5,7H2,1-3H3/t15-,18-,20-/m0/s1. The van der Waals surface area contributed by atoms with Crippen LogP contribution in [0.3, 0.4) is 0 Å². The van der Waals surface area contributed by atoms with Gasteiger partial charge in [-0.25, -0.2) is 0 Å². The van der Waals surface area contributed by atoms with Crippen molar-refractivity contribution < 1.29 is 24.9 Å². The highest BCUT2D eigenvalue weighted by molar-refractivity contribution is 6.24. The average molecular weight is 342 g/mol. The van der Waals surface area contributed by atoms with Crippen LogP contribution in [0.1, 0.15) is 54.3 Å². The number of benzene rings is 1. The Bertz CT molecular complexity index is 829. The van der Waals surface area contributed by atoms with Crippen LogP contribution in [0.5, 0.6) is 5.75 Å². The summed E-state index contributed by atoms with van der Waals surface area (Å²) in [5.74, 6) is -1.53. The van der Waals surface area contributed by atoms with Crippen molar-refractivity contribution in [2.75, 3.05) is 0 Å². The summed E-state index contributed by atoms with van der Waals surface area (Å²) in [5, 5.41) is 31.6. The first kappa shape index (κ1) is 17.6. The summed E-state index contributed by atoms with van der Waals surface area (Å²) in [6.45, 7) is 5.54. The number of aliphatic hydroxyl groups excluding tert-OH is 2. The molecule has 5 heteroatoms. The quantitative estimate of drug-likeness (QED) is 0.567. The van der Waals surface area contributed by atoms with Gasteiger partial charge in [0, 0.05) is 0 Å². The molecule has 0 unspecified atom stereocenters. The zero-order valence-corrected chi connectivity index (χ0v) is 14.5. The number of fused-ring (bicyclic) bond motifs is 1. The largest absolute Gasteiger partial charge is 0.507 e. The zero-order valence-electron chi connectivity index (χ0n) is 14.5. The number of allylic oxidation sites excluding steroid dienone is 3. The molecule has 2 aliphatic rings. The highest BCUT2D eigenvalue weighted by atomic mass is 16.3. The predicted octanol–water partition coefficient (Wildman–Crippen LogP) is 2.53. The number of Topliss-reactive ketones (excluding diaryl/α,β-unsaturated/α-hetero) is 2. The number of aromatic hydroxyl groups is 1. The Morgan fingerprint density at radius 1 is 1.24 bits per heavy atom. The van der Waals surface area contributed by atoms with E-state index < -0.39 is 29.2 Å². The third kappa shape index (κ3) is 2.38. The van der Waals surface area contributed by atoms with E-state index in [0.717, 1.165) is 5.57 Å². The van der Waals surface area contributed by atoms with E-state index in [-0.39, 0.29) is 23.3 Å². The van der Waals surface area contributed by atoms with E-state index in [1.54, 1.807) is 19.1 Å². The van der Waals surface area contributed by atoms with E-state index in [2.05, 4.69) is 0 Å². The van der Waals surface area contributed by atoms with Crippen LogP contribution in [0.2, 0.25) is 0 Å². The van der Waals surface area contributed by atoms with Crippen molar-refractivity contribution in [1.82, 2.24) is 0 Å². The summed E-state index contributed by atoms with van der Waals surface area (Å²) in [5.41, 5.74) is 0.282. The topological polar surface area (TPSA) is 94.8 Å². The van der Waals surface area contributed by atoms with Crippen molar-refractivity contribution in [3.05, 3.63) is 52.1 Å². The molecule has 5 nitrogen and oxygen atoms in total. The lowest BCUT2D eigenvalue weighted by Crippen LogP contribution is -2.52. The maximum atomic E-state index is 13.1. The van der Waals surface area contributed by atoms with Crippen LogP contribution >= 0.6 is 0 Å². The fraction of sp³-hybridized carbons (Fsp3) is 0.400. The van der Waals surface area contributed by atoms with Crippen molar-refractivity contribution >= 4 is 11.6 Å². The Labute approximate surface area is 146 Å². The van der Waals surface area contributed by atoms with Gasteiger partial charge < -0.3 is 15.3 Å². The van der Waals surface area contributed by atoms with Gasteiger partial charge in [-0.15, -0.1) is 0 Å². The average Bonchev–Trinajstić information content (AvgIpc) is 2.74. The van der Waals surface area contributed by atoms with Gasteiger partial charge in [0.05, 0.1) is 11.7 Å². The molecule has 0 radical (unpaired) electrons. The first-order valence-corrected chi connectivity index (χ1v) is 8.32. The number of carbonyl (C=O) groups is 2. The molecule has 3 rings (SSSR count). The van der Waals surface area contributed by atoms with E-state index in [1.807, 2.05) is 19.9 Å². The van der Waals surface area contributed by atoms with E-state index in [4.69, 9.17) is 0 Å². The number of ketones is 2. The number of carbonyl (C=O) groups excluding carboxylic acids is 2. The number of hydrogen-bond acceptors (Lipinski definition) is 5. The van der Waals surface area contributed by atoms with Gasteiger partial charge in [-0.05, 0) is 56.4 Å². The van der Waals surface area contributed by atoms with Crippen LogP contribution in [0.15, 0.2) is 35.4 Å². The number of phenolic OH excluding ortho intramolecular Hbond substituents is 1. The molecular weight excluding hydrogens is 320 g/mol. The molecule has 0 amide bonds. The first-order valence-electron chi connectivity index (χ1n) is 8.32. The van der Waals surface area contributed by atoms with Gasteiger partial charge in [0.1, 0.15) is 11.9 Å². The fourth-order valence-corrected chi connectivity index (χ4v) is 3.83. The highest BCUT2D eigenvalue weighted by Gasteiger charge is 2.64. The number of aliphatic hydroxyl groups is 2. The van der Waals surface area contributed by atoms with Crippen LogP contribution in [0.4, 0.5) is 0 Å².